The molecule has 2 nitrogen and oxygen atoms in total. The Kier molecular flexibility index (Phi) is 4.97. The van der Waals surface area contributed by atoms with Crippen molar-refractivity contribution in [2.45, 2.75) is 12.8 Å². The van der Waals surface area contributed by atoms with Crippen LogP contribution in [-0.4, -0.2) is 5.78 Å². The van der Waals surface area contributed by atoms with E-state index < -0.39 is 0 Å². The molecule has 3 aromatic carbocycles. The zero-order chi connectivity index (χ0) is 16.9. The predicted molar refractivity (Wildman–Crippen MR) is 100 cm³/mol. The van der Waals surface area contributed by atoms with Crippen LogP contribution < -0.4 is 5.32 Å². The van der Waals surface area contributed by atoms with Gasteiger partial charge < -0.3 is 5.32 Å². The van der Waals surface area contributed by atoms with Crippen molar-refractivity contribution in [3.63, 3.8) is 0 Å². The van der Waals surface area contributed by atoms with Crippen LogP contribution in [0.1, 0.15) is 24.0 Å². The lowest BCUT2D eigenvalue weighted by molar-refractivity contribution is -0.117. The molecule has 120 valence electrons. The lowest BCUT2D eigenvalue weighted by Crippen LogP contribution is -2.12. The summed E-state index contributed by atoms with van der Waals surface area (Å²) in [7, 11) is 0. The zero-order valence-electron chi connectivity index (χ0n) is 13.4. The molecule has 24 heavy (non-hydrogen) atoms. The molecule has 0 saturated heterocycles. The quantitative estimate of drug-likeness (QED) is 0.638. The van der Waals surface area contributed by atoms with Gasteiger partial charge in [-0.05, 0) is 42.3 Å². The smallest absolute Gasteiger partial charge is 0.141 e. The summed E-state index contributed by atoms with van der Waals surface area (Å²) in [6.07, 6.45) is 0. The van der Waals surface area contributed by atoms with E-state index in [-0.39, 0.29) is 11.7 Å². The maximum Gasteiger partial charge on any atom is 0.141 e. The molecule has 0 saturated carbocycles. The molecule has 0 aromatic heterocycles. The van der Waals surface area contributed by atoms with Crippen LogP contribution in [0.4, 0.5) is 11.4 Å². The fourth-order valence-electron chi connectivity index (χ4n) is 2.84. The van der Waals surface area contributed by atoms with Crippen molar-refractivity contribution in [1.82, 2.24) is 0 Å². The van der Waals surface area contributed by atoms with Crippen molar-refractivity contribution < 1.29 is 4.79 Å². The SMILES string of the molecule is CC(=O)C(c1ccccc1)c1ccc(Cl)cc1Nc1ccccc1. The Balaban J connectivity index is 2.07. The fourth-order valence-corrected chi connectivity index (χ4v) is 3.02. The molecule has 3 rings (SSSR count). The maximum absolute atomic E-state index is 12.4. The third-order valence-electron chi connectivity index (χ3n) is 3.92. The number of nitrogens with one attached hydrogen (secondary N) is 1. The minimum Gasteiger partial charge on any atom is -0.355 e. The van der Waals surface area contributed by atoms with Gasteiger partial charge in [-0.2, -0.15) is 0 Å². The van der Waals surface area contributed by atoms with Gasteiger partial charge in [-0.25, -0.2) is 0 Å². The lowest BCUT2D eigenvalue weighted by Gasteiger charge is -2.20. The average molecular weight is 336 g/mol. The van der Waals surface area contributed by atoms with Crippen molar-refractivity contribution in [3.8, 4) is 0 Å². The van der Waals surface area contributed by atoms with Crippen molar-refractivity contribution in [2.24, 2.45) is 0 Å². The molecular formula is C21H18ClNO. The number of Topliss-reactive ketones (excluding diaryl/α,β-unsaturated/α-hetero) is 1. The molecule has 1 N–H and O–H groups in total. The Hall–Kier alpha value is -2.58. The highest BCUT2D eigenvalue weighted by Crippen LogP contribution is 2.34. The summed E-state index contributed by atoms with van der Waals surface area (Å²) in [5, 5.41) is 4.01. The summed E-state index contributed by atoms with van der Waals surface area (Å²) in [6, 6.07) is 25.3. The number of carbonyl (C=O) groups is 1. The highest BCUT2D eigenvalue weighted by Gasteiger charge is 2.22. The van der Waals surface area contributed by atoms with Crippen LogP contribution >= 0.6 is 11.6 Å². The average Bonchev–Trinajstić information content (AvgIpc) is 2.59. The van der Waals surface area contributed by atoms with E-state index in [1.807, 2.05) is 78.9 Å². The summed E-state index contributed by atoms with van der Waals surface area (Å²) in [5.74, 6) is -0.227. The van der Waals surface area contributed by atoms with Gasteiger partial charge in [0.15, 0.2) is 0 Å². The Morgan fingerprint density at radius 2 is 1.54 bits per heavy atom. The molecule has 1 atom stereocenters. The molecule has 3 aromatic rings. The van der Waals surface area contributed by atoms with E-state index in [4.69, 9.17) is 11.6 Å². The molecule has 0 amide bonds. The first-order chi connectivity index (χ1) is 11.6. The molecule has 0 spiro atoms. The van der Waals surface area contributed by atoms with Gasteiger partial charge in [0.2, 0.25) is 0 Å². The molecule has 0 fully saturated rings. The molecule has 0 radical (unpaired) electrons. The number of hydrogen-bond acceptors (Lipinski definition) is 2. The zero-order valence-corrected chi connectivity index (χ0v) is 14.1. The Morgan fingerprint density at radius 1 is 0.917 bits per heavy atom. The number of halogens is 1. The summed E-state index contributed by atoms with van der Waals surface area (Å²) >= 11 is 6.19. The number of ketones is 1. The van der Waals surface area contributed by atoms with Gasteiger partial charge in [0.05, 0.1) is 5.92 Å². The fraction of sp³-hybridized carbons (Fsp3) is 0.0952. The summed E-state index contributed by atoms with van der Waals surface area (Å²) in [6.45, 7) is 1.62. The summed E-state index contributed by atoms with van der Waals surface area (Å²) < 4.78 is 0. The van der Waals surface area contributed by atoms with Gasteiger partial charge in [0.25, 0.3) is 0 Å². The van der Waals surface area contributed by atoms with Gasteiger partial charge in [-0.1, -0.05) is 66.2 Å². The molecule has 0 aliphatic heterocycles. The highest BCUT2D eigenvalue weighted by atomic mass is 35.5. The number of benzene rings is 3. The van der Waals surface area contributed by atoms with E-state index in [2.05, 4.69) is 5.32 Å². The first kappa shape index (κ1) is 16.3. The molecule has 0 heterocycles. The van der Waals surface area contributed by atoms with Gasteiger partial charge in [-0.3, -0.25) is 4.79 Å². The standard InChI is InChI=1S/C21H18ClNO/c1-15(24)21(16-8-4-2-5-9-16)19-13-12-17(22)14-20(19)23-18-10-6-3-7-11-18/h2-14,21,23H,1H3. The third kappa shape index (κ3) is 3.66. The van der Waals surface area contributed by atoms with Crippen LogP contribution in [0, 0.1) is 0 Å². The number of carbonyl (C=O) groups excluding carboxylic acids is 1. The molecule has 0 aliphatic rings. The van der Waals surface area contributed by atoms with Crippen LogP contribution in [0.5, 0.6) is 0 Å². The van der Waals surface area contributed by atoms with Crippen molar-refractivity contribution in [2.75, 3.05) is 5.32 Å². The lowest BCUT2D eigenvalue weighted by atomic mass is 9.87. The first-order valence-corrected chi connectivity index (χ1v) is 8.20. The Bertz CT molecular complexity index is 831. The molecule has 0 aliphatic carbocycles. The van der Waals surface area contributed by atoms with Crippen LogP contribution in [0.2, 0.25) is 5.02 Å². The van der Waals surface area contributed by atoms with Crippen LogP contribution in [0.25, 0.3) is 0 Å². The van der Waals surface area contributed by atoms with Crippen LogP contribution in [-0.2, 0) is 4.79 Å². The molecular weight excluding hydrogens is 318 g/mol. The predicted octanol–water partition coefficient (Wildman–Crippen LogP) is 5.80. The Morgan fingerprint density at radius 3 is 2.17 bits per heavy atom. The number of anilines is 2. The summed E-state index contributed by atoms with van der Waals surface area (Å²) in [4.78, 5) is 12.4. The van der Waals surface area contributed by atoms with Crippen molar-refractivity contribution in [1.29, 1.82) is 0 Å². The van der Waals surface area contributed by atoms with E-state index in [9.17, 15) is 4.79 Å². The van der Waals surface area contributed by atoms with E-state index >= 15 is 0 Å². The van der Waals surface area contributed by atoms with E-state index in [0.29, 0.717) is 5.02 Å². The first-order valence-electron chi connectivity index (χ1n) is 7.82. The normalized spacial score (nSPS) is 11.8. The minimum atomic E-state index is -0.324. The van der Waals surface area contributed by atoms with Gasteiger partial charge >= 0.3 is 0 Å². The van der Waals surface area contributed by atoms with E-state index in [1.54, 1.807) is 6.92 Å². The van der Waals surface area contributed by atoms with E-state index in [0.717, 1.165) is 22.5 Å². The second-order valence-electron chi connectivity index (χ2n) is 5.68. The van der Waals surface area contributed by atoms with Gasteiger partial charge in [-0.15, -0.1) is 0 Å². The van der Waals surface area contributed by atoms with E-state index in [1.165, 1.54) is 0 Å². The van der Waals surface area contributed by atoms with Gasteiger partial charge in [0.1, 0.15) is 5.78 Å². The number of para-hydroxylation sites is 1. The van der Waals surface area contributed by atoms with Gasteiger partial charge in [0, 0.05) is 16.4 Å². The van der Waals surface area contributed by atoms with Crippen molar-refractivity contribution >= 4 is 28.8 Å². The highest BCUT2D eigenvalue weighted by molar-refractivity contribution is 6.31. The van der Waals surface area contributed by atoms with Crippen molar-refractivity contribution in [3.05, 3.63) is 95.0 Å². The Labute approximate surface area is 147 Å². The number of hydrogen-bond donors (Lipinski definition) is 1. The second kappa shape index (κ2) is 7.33. The topological polar surface area (TPSA) is 29.1 Å². The maximum atomic E-state index is 12.4. The summed E-state index contributed by atoms with van der Waals surface area (Å²) in [5.41, 5.74) is 3.69. The molecule has 0 bridgehead atoms. The van der Waals surface area contributed by atoms with Crippen LogP contribution in [0.15, 0.2) is 78.9 Å². The molecule has 3 heteroatoms. The molecule has 1 unspecified atom stereocenters. The second-order valence-corrected chi connectivity index (χ2v) is 6.11. The minimum absolute atomic E-state index is 0.0969. The third-order valence-corrected chi connectivity index (χ3v) is 4.15. The largest absolute Gasteiger partial charge is 0.355 e. The number of rotatable bonds is 5. The monoisotopic (exact) mass is 335 g/mol. The van der Waals surface area contributed by atoms with Crippen LogP contribution in [0.3, 0.4) is 0 Å².